The Morgan fingerprint density at radius 2 is 1.81 bits per heavy atom. The van der Waals surface area contributed by atoms with E-state index in [4.69, 9.17) is 9.47 Å². The fourth-order valence-electron chi connectivity index (χ4n) is 6.97. The Morgan fingerprint density at radius 3 is 2.62 bits per heavy atom. The Labute approximate surface area is 247 Å². The lowest BCUT2D eigenvalue weighted by atomic mass is 9.81. The minimum Gasteiger partial charge on any atom is -0.497 e. The van der Waals surface area contributed by atoms with Gasteiger partial charge in [-0.2, -0.15) is 0 Å². The van der Waals surface area contributed by atoms with Crippen LogP contribution in [-0.4, -0.2) is 121 Å². The van der Waals surface area contributed by atoms with Crippen molar-refractivity contribution in [2.45, 2.75) is 75.1 Å². The smallest absolute Gasteiger partial charge is 0.237 e. The lowest BCUT2D eigenvalue weighted by Gasteiger charge is -2.37. The number of fused-ring (bicyclic) bond motifs is 5. The average Bonchev–Trinajstić information content (AvgIpc) is 3.47. The summed E-state index contributed by atoms with van der Waals surface area (Å²) in [4.78, 5) is 43.7. The molecule has 5 N–H and O–H groups in total. The molecule has 0 saturated carbocycles. The van der Waals surface area contributed by atoms with Crippen LogP contribution in [0.4, 0.5) is 0 Å². The summed E-state index contributed by atoms with van der Waals surface area (Å²) < 4.78 is 11.2. The first-order valence-corrected chi connectivity index (χ1v) is 15.1. The summed E-state index contributed by atoms with van der Waals surface area (Å²) in [5.74, 6) is 0.631. The van der Waals surface area contributed by atoms with Gasteiger partial charge in [0, 0.05) is 45.2 Å². The van der Waals surface area contributed by atoms with Crippen molar-refractivity contribution in [3.63, 3.8) is 0 Å². The number of amides is 3. The van der Waals surface area contributed by atoms with Crippen LogP contribution in [0.3, 0.4) is 0 Å². The summed E-state index contributed by atoms with van der Waals surface area (Å²) in [5, 5.41) is 30.2. The quantitative estimate of drug-likeness (QED) is 0.307. The standard InChI is InChI=1S/C30H45N5O7/c1-34-9-7-19-11-26(36)32-14-25-29(39)28(38)24(42-25)13-27(37)33-21-12-23(30(40)31-8-6-20(19)16-34)35(17-21)15-18-4-3-5-22(10-18)41-2/h3-5,10,19-21,23-25,28-29,38-39H,6-9,11-17H2,1-2H3,(H,31,40)(H,32,36)(H,33,37)/t19-,20-,21+,23-,24-,25+,28?,29?/m0/s1. The molecule has 0 spiro atoms. The molecule has 3 amide bonds. The molecule has 12 heteroatoms. The highest BCUT2D eigenvalue weighted by Gasteiger charge is 2.44. The Morgan fingerprint density at radius 1 is 1.00 bits per heavy atom. The predicted octanol–water partition coefficient (Wildman–Crippen LogP) is -0.772. The topological polar surface area (TPSA) is 153 Å². The van der Waals surface area contributed by atoms with Gasteiger partial charge in [0.1, 0.15) is 24.1 Å². The van der Waals surface area contributed by atoms with E-state index in [2.05, 4.69) is 32.8 Å². The zero-order valence-electron chi connectivity index (χ0n) is 24.5. The van der Waals surface area contributed by atoms with Crippen LogP contribution < -0.4 is 20.7 Å². The fourth-order valence-corrected chi connectivity index (χ4v) is 6.97. The first-order chi connectivity index (χ1) is 20.2. The van der Waals surface area contributed by atoms with Crippen LogP contribution in [0.15, 0.2) is 24.3 Å². The summed E-state index contributed by atoms with van der Waals surface area (Å²) in [6, 6.07) is 7.03. The molecule has 4 heterocycles. The second-order valence-corrected chi connectivity index (χ2v) is 12.4. The van der Waals surface area contributed by atoms with Gasteiger partial charge in [-0.05, 0) is 62.4 Å². The van der Waals surface area contributed by atoms with Crippen LogP contribution in [0.5, 0.6) is 5.75 Å². The van der Waals surface area contributed by atoms with Gasteiger partial charge in [0.05, 0.1) is 25.7 Å². The molecule has 1 aromatic carbocycles. The van der Waals surface area contributed by atoms with Crippen molar-refractivity contribution < 1.29 is 34.1 Å². The summed E-state index contributed by atoms with van der Waals surface area (Å²) in [5.41, 5.74) is 1.00. The number of likely N-dealkylation sites (tertiary alicyclic amines) is 2. The molecule has 0 aliphatic carbocycles. The summed E-state index contributed by atoms with van der Waals surface area (Å²) >= 11 is 0. The molecule has 2 unspecified atom stereocenters. The number of carbonyl (C=O) groups excluding carboxylic acids is 3. The van der Waals surface area contributed by atoms with E-state index in [1.54, 1.807) is 7.11 Å². The van der Waals surface area contributed by atoms with Gasteiger partial charge in [0.2, 0.25) is 17.7 Å². The molecule has 4 aliphatic rings. The number of hydrogen-bond donors (Lipinski definition) is 5. The SMILES string of the molecule is COc1cccc(CN2C[C@H]3C[C@H]2C(=O)NCC[C@H]2CN(C)CC[C@H]2CC(=O)NC[C@H]2O[C@@H](CC(=O)N3)C(O)C2O)c1. The molecular formula is C30H45N5O7. The third-order valence-corrected chi connectivity index (χ3v) is 9.30. The average molecular weight is 588 g/mol. The third-order valence-electron chi connectivity index (χ3n) is 9.30. The van der Waals surface area contributed by atoms with Crippen LogP contribution in [0.1, 0.15) is 37.7 Å². The Kier molecular flexibility index (Phi) is 10.00. The van der Waals surface area contributed by atoms with Gasteiger partial charge >= 0.3 is 0 Å². The molecule has 4 fully saturated rings. The van der Waals surface area contributed by atoms with Crippen molar-refractivity contribution in [3.8, 4) is 5.75 Å². The van der Waals surface area contributed by atoms with Crippen molar-refractivity contribution in [2.24, 2.45) is 11.8 Å². The van der Waals surface area contributed by atoms with E-state index in [1.165, 1.54) is 0 Å². The van der Waals surface area contributed by atoms with E-state index in [1.807, 2.05) is 24.3 Å². The number of methoxy groups -OCH3 is 1. The molecule has 4 saturated heterocycles. The van der Waals surface area contributed by atoms with E-state index < -0.39 is 30.5 Å². The van der Waals surface area contributed by atoms with Crippen molar-refractivity contribution in [1.29, 1.82) is 0 Å². The summed E-state index contributed by atoms with van der Waals surface area (Å²) in [6.07, 6.45) is -1.83. The fraction of sp³-hybridized carbons (Fsp3) is 0.700. The predicted molar refractivity (Wildman–Crippen MR) is 153 cm³/mol. The molecule has 8 atom stereocenters. The molecule has 12 nitrogen and oxygen atoms in total. The minimum atomic E-state index is -1.24. The normalized spacial score (nSPS) is 35.7. The maximum absolute atomic E-state index is 13.5. The number of rotatable bonds is 3. The lowest BCUT2D eigenvalue weighted by molar-refractivity contribution is -0.127. The van der Waals surface area contributed by atoms with Crippen LogP contribution >= 0.6 is 0 Å². The van der Waals surface area contributed by atoms with Gasteiger partial charge in [0.15, 0.2) is 0 Å². The number of aliphatic hydroxyl groups excluding tert-OH is 2. The molecule has 0 aromatic heterocycles. The largest absolute Gasteiger partial charge is 0.497 e. The number of carbonyl (C=O) groups is 3. The van der Waals surface area contributed by atoms with Gasteiger partial charge in [-0.1, -0.05) is 12.1 Å². The number of nitrogens with one attached hydrogen (secondary N) is 3. The second kappa shape index (κ2) is 13.7. The van der Waals surface area contributed by atoms with Crippen LogP contribution in [0.25, 0.3) is 0 Å². The van der Waals surface area contributed by atoms with Crippen LogP contribution in [-0.2, 0) is 25.7 Å². The zero-order chi connectivity index (χ0) is 29.8. The first-order valence-electron chi connectivity index (χ1n) is 15.1. The third kappa shape index (κ3) is 7.41. The maximum atomic E-state index is 13.5. The molecule has 5 rings (SSSR count). The van der Waals surface area contributed by atoms with E-state index in [9.17, 15) is 24.6 Å². The van der Waals surface area contributed by atoms with E-state index in [0.717, 1.165) is 37.2 Å². The summed E-state index contributed by atoms with van der Waals surface area (Å²) in [6.45, 7) is 3.34. The number of hydrogen-bond acceptors (Lipinski definition) is 9. The van der Waals surface area contributed by atoms with Crippen molar-refractivity contribution >= 4 is 17.7 Å². The monoisotopic (exact) mass is 587 g/mol. The molecule has 42 heavy (non-hydrogen) atoms. The molecule has 1 aromatic rings. The van der Waals surface area contributed by atoms with Gasteiger partial charge in [-0.3, -0.25) is 19.3 Å². The van der Waals surface area contributed by atoms with E-state index in [-0.39, 0.29) is 48.6 Å². The number of piperidine rings is 1. The van der Waals surface area contributed by atoms with Gasteiger partial charge in [0.25, 0.3) is 0 Å². The van der Waals surface area contributed by atoms with Crippen molar-refractivity contribution in [3.05, 3.63) is 29.8 Å². The van der Waals surface area contributed by atoms with Gasteiger partial charge in [-0.25, -0.2) is 0 Å². The molecule has 4 bridgehead atoms. The second-order valence-electron chi connectivity index (χ2n) is 12.4. The molecule has 4 aliphatic heterocycles. The summed E-state index contributed by atoms with van der Waals surface area (Å²) in [7, 11) is 3.69. The first kappa shape index (κ1) is 30.7. The van der Waals surface area contributed by atoms with Crippen LogP contribution in [0, 0.1) is 11.8 Å². The minimum absolute atomic E-state index is 0.0616. The highest BCUT2D eigenvalue weighted by Crippen LogP contribution is 2.29. The van der Waals surface area contributed by atoms with E-state index >= 15 is 0 Å². The Balaban J connectivity index is 1.33. The van der Waals surface area contributed by atoms with Crippen molar-refractivity contribution in [1.82, 2.24) is 25.8 Å². The molecule has 0 radical (unpaired) electrons. The van der Waals surface area contributed by atoms with Crippen LogP contribution in [0.2, 0.25) is 0 Å². The molecule has 232 valence electrons. The number of aliphatic hydroxyl groups is 2. The number of benzene rings is 1. The van der Waals surface area contributed by atoms with Gasteiger partial charge in [-0.15, -0.1) is 0 Å². The highest BCUT2D eigenvalue weighted by molar-refractivity contribution is 5.83. The van der Waals surface area contributed by atoms with Crippen molar-refractivity contribution in [2.75, 3.05) is 46.9 Å². The Hall–Kier alpha value is -2.77. The lowest BCUT2D eigenvalue weighted by Crippen LogP contribution is -2.45. The Bertz CT molecular complexity index is 1120. The highest BCUT2D eigenvalue weighted by atomic mass is 16.5. The van der Waals surface area contributed by atoms with E-state index in [0.29, 0.717) is 32.5 Å². The van der Waals surface area contributed by atoms with Gasteiger partial charge < -0.3 is 40.5 Å². The number of nitrogens with zero attached hydrogens (tertiary/aromatic N) is 2. The number of ether oxygens (including phenoxy) is 2. The molecular weight excluding hydrogens is 542 g/mol. The maximum Gasteiger partial charge on any atom is 0.237 e. The zero-order valence-corrected chi connectivity index (χ0v) is 24.5.